The number of aldehydes is 1. The van der Waals surface area contributed by atoms with Crippen LogP contribution in [0.2, 0.25) is 0 Å². The summed E-state index contributed by atoms with van der Waals surface area (Å²) in [4.78, 5) is 120. The van der Waals surface area contributed by atoms with E-state index < -0.39 is 17.8 Å². The molecule has 0 bridgehead atoms. The van der Waals surface area contributed by atoms with E-state index in [1.165, 1.54) is 11.8 Å². The van der Waals surface area contributed by atoms with Gasteiger partial charge in [0.2, 0.25) is 26.2 Å². The number of hydrogen-bond donors (Lipinski definition) is 5. The second kappa shape index (κ2) is 44.8. The molecule has 4 atom stereocenters. The second-order valence-corrected chi connectivity index (χ2v) is 31.2. The predicted octanol–water partition coefficient (Wildman–Crippen LogP) is 12.3. The summed E-state index contributed by atoms with van der Waals surface area (Å²) in [6, 6.07) is 42.8. The zero-order valence-corrected chi connectivity index (χ0v) is 72.1. The maximum atomic E-state index is 14.0. The molecule has 33 heteroatoms. The largest absolute Gasteiger partial charge is 1.00 e. The van der Waals surface area contributed by atoms with Gasteiger partial charge in [-0.3, -0.25) is 43.3 Å². The minimum absolute atomic E-state index is 0. The number of ketones is 5. The Hall–Kier alpha value is -13.1. The molecular formula is C92H95N12NaO20. The molecule has 18 rings (SSSR count). The molecule has 125 heavy (non-hydrogen) atoms. The fraction of sp³-hybridized carbons (Fsp3) is 0.380. The molecule has 32 nitrogen and oxygen atoms in total. The van der Waals surface area contributed by atoms with Crippen LogP contribution in [0.4, 0.5) is 0 Å². The fourth-order valence-electron chi connectivity index (χ4n) is 17.0. The normalized spacial score (nSPS) is 19.3. The van der Waals surface area contributed by atoms with Gasteiger partial charge in [0, 0.05) is 89.5 Å². The maximum absolute atomic E-state index is 14.0. The maximum Gasteiger partial charge on any atom is 1.00 e. The molecule has 1 aromatic heterocycles. The molecule has 7 aromatic rings. The number of allylic oxidation sites excluding steroid dienone is 6. The number of aromatic nitrogens is 4. The number of carboxylic acid groups (broad SMARTS) is 1. The summed E-state index contributed by atoms with van der Waals surface area (Å²) in [7, 11) is 0. The zero-order valence-electron chi connectivity index (χ0n) is 70.1. The van der Waals surface area contributed by atoms with Gasteiger partial charge in [-0.1, -0.05) is 60.7 Å². The molecule has 0 amide bonds. The molecule has 7 N–H and O–H groups in total. The number of benzene rings is 6. The average Bonchev–Trinajstić information content (AvgIpc) is 1.42. The summed E-state index contributed by atoms with van der Waals surface area (Å²) < 4.78 is 49.5. The minimum atomic E-state index is -0.833. The van der Waals surface area contributed by atoms with Crippen molar-refractivity contribution in [1.29, 1.82) is 10.5 Å². The number of aromatic amines is 1. The smallest absolute Gasteiger partial charge is 0.481 e. The molecule has 4 fully saturated rings. The SMILES string of the molecule is CC(=O)CC(=O)OC1CCCC1.CC(=O)O.CC1=C(C(=O)OC2CCCC2)C(c2cccc(-c3nn[nH]n3)c2)C2=C(CC(c3ccc4c(c3)OCO4)CC2=O)N1.CC1=C(C(=O)OC2CCCC2)C(c2cccc(C#N)c2)C2=C(CC(c3ccc4c(c3)OCO4)CC2=O)N1.N.N#Cc1cccc(C=O)c1.O=C1CC(=O)CC(c2ccc3c(c2)OCO3)C1.[N-]=[N+]=[N-].[Na+]. The van der Waals surface area contributed by atoms with Crippen molar-refractivity contribution >= 4 is 59.1 Å². The summed E-state index contributed by atoms with van der Waals surface area (Å²) in [5.41, 5.74) is 25.6. The number of esters is 3. The number of aliphatic carboxylic acids is 1. The standard InChI is InChI=1S/C30H29N5O5.C30H28N2O5.C13H12O4.C9H14O3.C8H5NO.C2H4O2.N3.H3N.Na/c1-16-26(30(37)40-21-7-2-3-8-21)27(18-5-4-6-19(11-18)29-32-34-35-33-29)28-22(31-16)12-20(13-23(28)36)17-9-10-24-25(14-17)39-15-38-24;1-17-27(30(34)37-22-7-2-3-8-22)28(20-6-4-5-18(11-20)15-31)29-23(32-17)12-21(13-24(29)33)19-9-10-25-26(14-19)36-16-35-25;14-10-3-9(4-11(15)6-10)8-1-2-12-13(5-8)17-7-16-12;1-7(10)6-9(11)12-8-4-2-3-5-8;9-5-7-2-1-3-8(4-7)6-10;1-2(3)4;1-3-2;;/h4-6,9-11,14,20-21,27,31H,2-3,7-8,12-13,15H2,1H3,(H,32,33,34,35);4-6,9-11,14,21-22,28,32H,2-3,7-8,12-13,16H2,1H3;1-2,5,9H,3-4,6-7H2;8H,2-6H2,1H3;1-4,6H;1H3,(H,3,4);;1H3;/q;;;;;;-1;;+1. The predicted molar refractivity (Wildman–Crippen MR) is 446 cm³/mol. The van der Waals surface area contributed by atoms with Crippen molar-refractivity contribution in [2.24, 2.45) is 0 Å². The number of nitrogens with zero attached hydrogens (tertiary/aromatic N) is 8. The van der Waals surface area contributed by atoms with Gasteiger partial charge in [0.05, 0.1) is 40.8 Å². The molecule has 0 radical (unpaired) electrons. The molecule has 6 aromatic carbocycles. The number of ether oxygens (including phenoxy) is 9. The molecule has 644 valence electrons. The van der Waals surface area contributed by atoms with E-state index in [0.717, 1.165) is 141 Å². The summed E-state index contributed by atoms with van der Waals surface area (Å²) >= 11 is 0. The summed E-state index contributed by atoms with van der Waals surface area (Å²) in [6.07, 6.45) is 15.3. The monoisotopic (exact) mass is 1710 g/mol. The van der Waals surface area contributed by atoms with Crippen molar-refractivity contribution in [3.63, 3.8) is 0 Å². The number of nitriles is 2. The van der Waals surface area contributed by atoms with E-state index in [-0.39, 0.29) is 152 Å². The van der Waals surface area contributed by atoms with Crippen LogP contribution in [0.1, 0.15) is 235 Å². The van der Waals surface area contributed by atoms with Gasteiger partial charge in [0.15, 0.2) is 46.1 Å². The van der Waals surface area contributed by atoms with E-state index in [1.54, 1.807) is 42.5 Å². The molecule has 5 aliphatic heterocycles. The Labute approximate surface area is 743 Å². The van der Waals surface area contributed by atoms with Crippen LogP contribution >= 0.6 is 0 Å². The van der Waals surface area contributed by atoms with Gasteiger partial charge in [0.1, 0.15) is 48.4 Å². The number of tetrazole rings is 1. The quantitative estimate of drug-likeness (QED) is 0.00986. The fourth-order valence-corrected chi connectivity index (χ4v) is 17.0. The molecule has 6 aliphatic carbocycles. The summed E-state index contributed by atoms with van der Waals surface area (Å²) in [5.74, 6) is 1.45. The number of H-pyrrole nitrogens is 1. The molecule has 6 heterocycles. The van der Waals surface area contributed by atoms with Gasteiger partial charge in [-0.25, -0.2) is 9.59 Å². The molecule has 0 saturated heterocycles. The third-order valence-corrected chi connectivity index (χ3v) is 22.5. The molecule has 11 aliphatic rings. The van der Waals surface area contributed by atoms with Crippen molar-refractivity contribution < 1.29 is 125 Å². The van der Waals surface area contributed by atoms with E-state index in [1.807, 2.05) is 105 Å². The molecule has 4 unspecified atom stereocenters. The Bertz CT molecular complexity index is 5450. The number of Topliss-reactive ketones (excluding diaryl/α,β-unsaturated/α-hetero) is 5. The van der Waals surface area contributed by atoms with E-state index in [2.05, 4.69) is 37.3 Å². The van der Waals surface area contributed by atoms with E-state index >= 15 is 0 Å². The van der Waals surface area contributed by atoms with Crippen LogP contribution in [0.25, 0.3) is 27.4 Å². The minimum Gasteiger partial charge on any atom is -0.481 e. The van der Waals surface area contributed by atoms with Crippen LogP contribution in [0.5, 0.6) is 34.5 Å². The van der Waals surface area contributed by atoms with Crippen LogP contribution in [0, 0.1) is 22.7 Å². The number of fused-ring (bicyclic) bond motifs is 3. The van der Waals surface area contributed by atoms with Crippen LogP contribution < -0.4 is 74.8 Å². The Morgan fingerprint density at radius 3 is 1.33 bits per heavy atom. The average molecular weight is 1710 g/mol. The van der Waals surface area contributed by atoms with Gasteiger partial charge in [0.25, 0.3) is 5.97 Å². The third kappa shape index (κ3) is 24.5. The first kappa shape index (κ1) is 94.2. The Morgan fingerprint density at radius 2 is 0.920 bits per heavy atom. The van der Waals surface area contributed by atoms with E-state index in [9.17, 15) is 48.4 Å². The molecule has 4 saturated carbocycles. The number of carbonyl (C=O) groups excluding carboxylic acids is 9. The van der Waals surface area contributed by atoms with Crippen molar-refractivity contribution in [2.45, 2.75) is 204 Å². The third-order valence-electron chi connectivity index (χ3n) is 22.5. The first-order valence-electron chi connectivity index (χ1n) is 40.8. The number of rotatable bonds is 14. The van der Waals surface area contributed by atoms with E-state index in [0.29, 0.717) is 123 Å². The Morgan fingerprint density at radius 1 is 0.528 bits per heavy atom. The number of carboxylic acids is 1. The van der Waals surface area contributed by atoms with E-state index in [4.69, 9.17) is 68.9 Å². The van der Waals surface area contributed by atoms with Gasteiger partial charge < -0.3 is 75.6 Å². The van der Waals surface area contributed by atoms with Crippen LogP contribution in [0.15, 0.2) is 172 Å². The van der Waals surface area contributed by atoms with Crippen molar-refractivity contribution in [3.05, 3.63) is 233 Å². The van der Waals surface area contributed by atoms with Crippen molar-refractivity contribution in [3.8, 4) is 58.0 Å². The van der Waals surface area contributed by atoms with Gasteiger partial charge in [-0.05, 0) is 228 Å². The van der Waals surface area contributed by atoms with Crippen LogP contribution in [-0.4, -0.2) is 124 Å². The van der Waals surface area contributed by atoms with Crippen LogP contribution in [0.3, 0.4) is 0 Å². The van der Waals surface area contributed by atoms with Gasteiger partial charge in [-0.2, -0.15) is 15.7 Å². The molecule has 0 spiro atoms. The van der Waals surface area contributed by atoms with Crippen LogP contribution in [-0.2, 0) is 57.4 Å². The zero-order chi connectivity index (χ0) is 87.2. The second-order valence-electron chi connectivity index (χ2n) is 31.2. The Balaban J connectivity index is 0.000000174. The number of nitrogens with one attached hydrogen (secondary N) is 3. The first-order chi connectivity index (χ1) is 59.5. The van der Waals surface area contributed by atoms with Crippen molar-refractivity contribution in [2.75, 3.05) is 20.4 Å². The Kier molecular flexibility index (Phi) is 33.7. The molecular weight excluding hydrogens is 1620 g/mol. The number of carbonyl (C=O) groups is 10. The van der Waals surface area contributed by atoms with Gasteiger partial charge in [-0.15, -0.1) is 10.2 Å². The van der Waals surface area contributed by atoms with Gasteiger partial charge >= 0.3 is 47.5 Å². The summed E-state index contributed by atoms with van der Waals surface area (Å²) in [5, 5.41) is 46.6. The summed E-state index contributed by atoms with van der Waals surface area (Å²) in [6.45, 7) is 6.88. The van der Waals surface area contributed by atoms with Crippen molar-refractivity contribution in [1.82, 2.24) is 37.4 Å². The first-order valence-corrected chi connectivity index (χ1v) is 40.8. The topological polar surface area (TPSA) is 494 Å². The number of hydrogen-bond acceptors (Lipinski definition) is 27. The number of dihydropyridines is 2.